The van der Waals surface area contributed by atoms with Crippen molar-refractivity contribution in [1.82, 2.24) is 4.98 Å². The third-order valence-electron chi connectivity index (χ3n) is 3.36. The molecular weight excluding hydrogens is 244 g/mol. The fraction of sp³-hybridized carbons (Fsp3) is 0.0556. The second-order valence-electron chi connectivity index (χ2n) is 4.67. The van der Waals surface area contributed by atoms with Crippen molar-refractivity contribution >= 4 is 22.7 Å². The zero-order chi connectivity index (χ0) is 13.9. The van der Waals surface area contributed by atoms with Gasteiger partial charge in [0.1, 0.15) is 5.82 Å². The van der Waals surface area contributed by atoms with Gasteiger partial charge in [-0.05, 0) is 12.3 Å². The highest BCUT2D eigenvalue weighted by Gasteiger charge is 2.10. The number of aromatic nitrogens is 1. The standard InChI is InChI=1S/C18H16N2/c1-2-8-16-14-11-6-7-12-15(14)17(20-18(16)19)13-9-4-3-5-10-13/h2-12H,1H3,(H2,19,20)/b8-2+. The largest absolute Gasteiger partial charge is 0.383 e. The number of allylic oxidation sites excluding steroid dienone is 1. The van der Waals surface area contributed by atoms with Crippen molar-refractivity contribution in [3.63, 3.8) is 0 Å². The smallest absolute Gasteiger partial charge is 0.132 e. The van der Waals surface area contributed by atoms with E-state index in [-0.39, 0.29) is 0 Å². The lowest BCUT2D eigenvalue weighted by molar-refractivity contribution is 1.35. The van der Waals surface area contributed by atoms with Crippen LogP contribution in [0.3, 0.4) is 0 Å². The zero-order valence-electron chi connectivity index (χ0n) is 11.4. The van der Waals surface area contributed by atoms with Crippen LogP contribution in [0.4, 0.5) is 5.82 Å². The summed E-state index contributed by atoms with van der Waals surface area (Å²) >= 11 is 0. The van der Waals surface area contributed by atoms with Crippen LogP contribution in [0.2, 0.25) is 0 Å². The lowest BCUT2D eigenvalue weighted by atomic mass is 10.00. The van der Waals surface area contributed by atoms with E-state index in [1.54, 1.807) is 0 Å². The SMILES string of the molecule is C/C=C/c1c(N)nc(-c2ccccc2)c2ccccc12. The van der Waals surface area contributed by atoms with Crippen molar-refractivity contribution in [3.05, 3.63) is 66.2 Å². The molecule has 0 saturated carbocycles. The monoisotopic (exact) mass is 260 g/mol. The highest BCUT2D eigenvalue weighted by molar-refractivity contribution is 6.01. The predicted octanol–water partition coefficient (Wildman–Crippen LogP) is 4.52. The molecular formula is C18H16N2. The van der Waals surface area contributed by atoms with Gasteiger partial charge in [-0.2, -0.15) is 0 Å². The molecule has 0 aliphatic rings. The van der Waals surface area contributed by atoms with Gasteiger partial charge >= 0.3 is 0 Å². The van der Waals surface area contributed by atoms with Gasteiger partial charge in [0, 0.05) is 16.5 Å². The first-order valence-corrected chi connectivity index (χ1v) is 6.67. The molecule has 3 aromatic rings. The summed E-state index contributed by atoms with van der Waals surface area (Å²) in [6.45, 7) is 1.99. The summed E-state index contributed by atoms with van der Waals surface area (Å²) in [5, 5.41) is 2.26. The second kappa shape index (κ2) is 5.17. The quantitative estimate of drug-likeness (QED) is 0.736. The van der Waals surface area contributed by atoms with E-state index >= 15 is 0 Å². The molecule has 3 rings (SSSR count). The molecule has 2 nitrogen and oxygen atoms in total. The summed E-state index contributed by atoms with van der Waals surface area (Å²) in [4.78, 5) is 4.62. The first-order valence-electron chi connectivity index (χ1n) is 6.67. The molecule has 0 bridgehead atoms. The lowest BCUT2D eigenvalue weighted by Crippen LogP contribution is -1.98. The predicted molar refractivity (Wildman–Crippen MR) is 86.3 cm³/mol. The number of pyridine rings is 1. The first kappa shape index (κ1) is 12.4. The Bertz CT molecular complexity index is 774. The van der Waals surface area contributed by atoms with E-state index in [4.69, 9.17) is 5.73 Å². The summed E-state index contributed by atoms with van der Waals surface area (Å²) in [5.74, 6) is 0.570. The van der Waals surface area contributed by atoms with Gasteiger partial charge in [0.05, 0.1) is 5.69 Å². The van der Waals surface area contributed by atoms with Gasteiger partial charge in [0.2, 0.25) is 0 Å². The van der Waals surface area contributed by atoms with E-state index in [2.05, 4.69) is 29.2 Å². The third-order valence-corrected chi connectivity index (χ3v) is 3.36. The molecule has 20 heavy (non-hydrogen) atoms. The Morgan fingerprint density at radius 3 is 2.25 bits per heavy atom. The van der Waals surface area contributed by atoms with Crippen molar-refractivity contribution in [2.24, 2.45) is 0 Å². The van der Waals surface area contributed by atoms with Crippen LogP contribution in [-0.2, 0) is 0 Å². The van der Waals surface area contributed by atoms with E-state index < -0.39 is 0 Å². The Morgan fingerprint density at radius 2 is 1.55 bits per heavy atom. The Kier molecular flexibility index (Phi) is 3.21. The summed E-state index contributed by atoms with van der Waals surface area (Å²) in [5.41, 5.74) is 9.16. The fourth-order valence-corrected chi connectivity index (χ4v) is 2.46. The van der Waals surface area contributed by atoms with E-state index in [9.17, 15) is 0 Å². The Balaban J connectivity index is 2.38. The molecule has 0 amide bonds. The molecule has 1 aromatic heterocycles. The molecule has 0 atom stereocenters. The van der Waals surface area contributed by atoms with Crippen LogP contribution in [0.5, 0.6) is 0 Å². The van der Waals surface area contributed by atoms with Crippen molar-refractivity contribution < 1.29 is 0 Å². The van der Waals surface area contributed by atoms with E-state index in [0.717, 1.165) is 27.6 Å². The van der Waals surface area contributed by atoms with Crippen LogP contribution in [0.25, 0.3) is 28.1 Å². The number of benzene rings is 2. The highest BCUT2D eigenvalue weighted by Crippen LogP contribution is 2.32. The van der Waals surface area contributed by atoms with Crippen LogP contribution < -0.4 is 5.73 Å². The van der Waals surface area contributed by atoms with E-state index in [1.807, 2.05) is 49.4 Å². The topological polar surface area (TPSA) is 38.9 Å². The van der Waals surface area contributed by atoms with Crippen molar-refractivity contribution in [2.45, 2.75) is 6.92 Å². The average molecular weight is 260 g/mol. The molecule has 0 fully saturated rings. The molecule has 2 aromatic carbocycles. The molecule has 0 aliphatic heterocycles. The summed E-state index contributed by atoms with van der Waals surface area (Å²) < 4.78 is 0. The summed E-state index contributed by atoms with van der Waals surface area (Å²) in [6.07, 6.45) is 4.00. The van der Waals surface area contributed by atoms with E-state index in [1.165, 1.54) is 0 Å². The average Bonchev–Trinajstić information content (AvgIpc) is 2.51. The minimum absolute atomic E-state index is 0.570. The molecule has 0 saturated heterocycles. The maximum absolute atomic E-state index is 6.15. The molecule has 1 heterocycles. The number of hydrogen-bond donors (Lipinski definition) is 1. The van der Waals surface area contributed by atoms with Gasteiger partial charge in [0.25, 0.3) is 0 Å². The fourth-order valence-electron chi connectivity index (χ4n) is 2.46. The molecule has 2 heteroatoms. The number of anilines is 1. The number of hydrogen-bond acceptors (Lipinski definition) is 2. The van der Waals surface area contributed by atoms with Crippen LogP contribution in [0.15, 0.2) is 60.7 Å². The van der Waals surface area contributed by atoms with Gasteiger partial charge in [-0.3, -0.25) is 0 Å². The molecule has 0 unspecified atom stereocenters. The van der Waals surface area contributed by atoms with Crippen molar-refractivity contribution in [1.29, 1.82) is 0 Å². The van der Waals surface area contributed by atoms with Crippen molar-refractivity contribution in [2.75, 3.05) is 5.73 Å². The van der Waals surface area contributed by atoms with Gasteiger partial charge in [-0.15, -0.1) is 0 Å². The van der Waals surface area contributed by atoms with E-state index in [0.29, 0.717) is 5.82 Å². The number of nitrogens with two attached hydrogens (primary N) is 1. The van der Waals surface area contributed by atoms with Crippen LogP contribution in [0, 0.1) is 0 Å². The minimum atomic E-state index is 0.570. The summed E-state index contributed by atoms with van der Waals surface area (Å²) in [7, 11) is 0. The van der Waals surface area contributed by atoms with Gasteiger partial charge < -0.3 is 5.73 Å². The minimum Gasteiger partial charge on any atom is -0.383 e. The lowest BCUT2D eigenvalue weighted by Gasteiger charge is -2.11. The van der Waals surface area contributed by atoms with Crippen LogP contribution >= 0.6 is 0 Å². The summed E-state index contributed by atoms with van der Waals surface area (Å²) in [6, 6.07) is 18.4. The number of nitrogen functional groups attached to an aromatic ring is 1. The zero-order valence-corrected chi connectivity index (χ0v) is 11.4. The number of fused-ring (bicyclic) bond motifs is 1. The Hall–Kier alpha value is -2.61. The Labute approximate surface area is 118 Å². The van der Waals surface area contributed by atoms with Crippen LogP contribution in [0.1, 0.15) is 12.5 Å². The van der Waals surface area contributed by atoms with Gasteiger partial charge in [-0.1, -0.05) is 66.7 Å². The molecule has 0 aliphatic carbocycles. The first-order chi connectivity index (χ1) is 9.81. The molecule has 0 radical (unpaired) electrons. The van der Waals surface area contributed by atoms with Gasteiger partial charge in [0.15, 0.2) is 0 Å². The molecule has 2 N–H and O–H groups in total. The third kappa shape index (κ3) is 2.05. The highest BCUT2D eigenvalue weighted by atomic mass is 14.8. The number of nitrogens with zero attached hydrogens (tertiary/aromatic N) is 1. The maximum atomic E-state index is 6.15. The molecule has 0 spiro atoms. The van der Waals surface area contributed by atoms with Crippen molar-refractivity contribution in [3.8, 4) is 11.3 Å². The normalized spacial score (nSPS) is 11.2. The van der Waals surface area contributed by atoms with Gasteiger partial charge in [-0.25, -0.2) is 4.98 Å². The van der Waals surface area contributed by atoms with Crippen LogP contribution in [-0.4, -0.2) is 4.98 Å². The maximum Gasteiger partial charge on any atom is 0.132 e. The Morgan fingerprint density at radius 1 is 0.900 bits per heavy atom. The second-order valence-corrected chi connectivity index (χ2v) is 4.67. The number of rotatable bonds is 2. The molecule has 98 valence electrons.